The van der Waals surface area contributed by atoms with Crippen LogP contribution in [0.3, 0.4) is 0 Å². The van der Waals surface area contributed by atoms with E-state index >= 15 is 0 Å². The van der Waals surface area contributed by atoms with Gasteiger partial charge in [-0.3, -0.25) is 18.7 Å². The molecule has 0 aliphatic carbocycles. The quantitative estimate of drug-likeness (QED) is 0.730. The number of amides is 1. The summed E-state index contributed by atoms with van der Waals surface area (Å²) in [6.07, 6.45) is 4.50. The summed E-state index contributed by atoms with van der Waals surface area (Å²) in [6, 6.07) is 10.9. The van der Waals surface area contributed by atoms with Crippen LogP contribution in [0.1, 0.15) is 5.56 Å². The Hall–Kier alpha value is -3.48. The smallest absolute Gasteiger partial charge is 0.322 e. The molecule has 0 atom stereocenters. The van der Waals surface area contributed by atoms with E-state index < -0.39 is 11.2 Å². The van der Waals surface area contributed by atoms with Crippen molar-refractivity contribution < 1.29 is 4.79 Å². The van der Waals surface area contributed by atoms with Crippen LogP contribution in [-0.4, -0.2) is 20.0 Å². The highest BCUT2D eigenvalue weighted by molar-refractivity contribution is 6.06. The maximum atomic E-state index is 12.4. The van der Waals surface area contributed by atoms with Gasteiger partial charge in [-0.05, 0) is 17.7 Å². The summed E-state index contributed by atoms with van der Waals surface area (Å²) in [5.41, 5.74) is 0.434. The van der Waals surface area contributed by atoms with Crippen LogP contribution in [0.15, 0.2) is 58.3 Å². The zero-order valence-electron chi connectivity index (χ0n) is 13.8. The van der Waals surface area contributed by atoms with Crippen molar-refractivity contribution >= 4 is 28.7 Å². The third-order valence-electron chi connectivity index (χ3n) is 3.83. The molecule has 3 aromatic rings. The molecule has 0 aliphatic rings. The SMILES string of the molecule is Cn1c(=O)c2c(NC(=O)/C=C\c3ccccc3)ccnc2n(C)c1=O. The van der Waals surface area contributed by atoms with E-state index in [9.17, 15) is 14.4 Å². The zero-order chi connectivity index (χ0) is 18.0. The molecule has 25 heavy (non-hydrogen) atoms. The average molecular weight is 336 g/mol. The first-order valence-corrected chi connectivity index (χ1v) is 7.58. The van der Waals surface area contributed by atoms with Gasteiger partial charge in [0.2, 0.25) is 5.91 Å². The molecule has 3 rings (SSSR count). The minimum atomic E-state index is -0.506. The Kier molecular flexibility index (Phi) is 4.30. The molecule has 0 bridgehead atoms. The molecule has 1 N–H and O–H groups in total. The largest absolute Gasteiger partial charge is 0.332 e. The van der Waals surface area contributed by atoms with Gasteiger partial charge in [-0.1, -0.05) is 30.3 Å². The fraction of sp³-hybridized carbons (Fsp3) is 0.111. The second kappa shape index (κ2) is 6.56. The standard InChI is InChI=1S/C18H16N4O3/c1-21-16-15(17(24)22(2)18(21)25)13(10-11-19-16)20-14(23)9-8-12-6-4-3-5-7-12/h3-11H,1-2H3,(H,19,20,23)/b9-8-. The fourth-order valence-electron chi connectivity index (χ4n) is 2.50. The van der Waals surface area contributed by atoms with Gasteiger partial charge in [0.25, 0.3) is 5.56 Å². The fourth-order valence-corrected chi connectivity index (χ4v) is 2.50. The van der Waals surface area contributed by atoms with Crippen molar-refractivity contribution in [3.63, 3.8) is 0 Å². The molecule has 7 heteroatoms. The Morgan fingerprint density at radius 3 is 2.52 bits per heavy atom. The van der Waals surface area contributed by atoms with E-state index in [1.165, 1.54) is 37.0 Å². The van der Waals surface area contributed by atoms with E-state index in [0.717, 1.165) is 10.1 Å². The highest BCUT2D eigenvalue weighted by Gasteiger charge is 2.14. The van der Waals surface area contributed by atoms with Crippen LogP contribution < -0.4 is 16.6 Å². The van der Waals surface area contributed by atoms with Gasteiger partial charge in [-0.15, -0.1) is 0 Å². The molecule has 126 valence electrons. The predicted octanol–water partition coefficient (Wildman–Crippen LogP) is 1.28. The van der Waals surface area contributed by atoms with Gasteiger partial charge in [-0.2, -0.15) is 0 Å². The highest BCUT2D eigenvalue weighted by Crippen LogP contribution is 2.16. The Labute approximate surface area is 142 Å². The van der Waals surface area contributed by atoms with Crippen LogP contribution in [0.4, 0.5) is 5.69 Å². The second-order valence-electron chi connectivity index (χ2n) is 5.50. The van der Waals surface area contributed by atoms with E-state index in [1.807, 2.05) is 30.3 Å². The number of hydrogen-bond acceptors (Lipinski definition) is 4. The molecule has 2 aromatic heterocycles. The van der Waals surface area contributed by atoms with Gasteiger partial charge in [0, 0.05) is 26.4 Å². The molecule has 0 aliphatic heterocycles. The van der Waals surface area contributed by atoms with Crippen molar-refractivity contribution in [2.75, 3.05) is 5.32 Å². The van der Waals surface area contributed by atoms with E-state index in [4.69, 9.17) is 0 Å². The number of aryl methyl sites for hydroxylation is 1. The Morgan fingerprint density at radius 2 is 1.80 bits per heavy atom. The molecule has 0 radical (unpaired) electrons. The van der Waals surface area contributed by atoms with Crippen LogP contribution in [0.5, 0.6) is 0 Å². The maximum absolute atomic E-state index is 12.4. The molecule has 0 saturated carbocycles. The van der Waals surface area contributed by atoms with Gasteiger partial charge in [0.15, 0.2) is 5.65 Å². The lowest BCUT2D eigenvalue weighted by atomic mass is 10.2. The normalized spacial score (nSPS) is 11.1. The summed E-state index contributed by atoms with van der Waals surface area (Å²) in [4.78, 5) is 40.7. The summed E-state index contributed by atoms with van der Waals surface area (Å²) in [5.74, 6) is -0.382. The van der Waals surface area contributed by atoms with Crippen molar-refractivity contribution in [2.24, 2.45) is 14.1 Å². The topological polar surface area (TPSA) is 86.0 Å². The molecule has 7 nitrogen and oxygen atoms in total. The number of rotatable bonds is 3. The van der Waals surface area contributed by atoms with Crippen LogP contribution in [-0.2, 0) is 18.9 Å². The van der Waals surface area contributed by atoms with E-state index in [2.05, 4.69) is 10.3 Å². The summed E-state index contributed by atoms with van der Waals surface area (Å²) >= 11 is 0. The first kappa shape index (κ1) is 16.4. The van der Waals surface area contributed by atoms with Crippen LogP contribution >= 0.6 is 0 Å². The van der Waals surface area contributed by atoms with Crippen molar-refractivity contribution in [3.05, 3.63) is 75.1 Å². The number of carbonyl (C=O) groups excluding carboxylic acids is 1. The first-order chi connectivity index (χ1) is 12.0. The predicted molar refractivity (Wildman–Crippen MR) is 96.3 cm³/mol. The monoisotopic (exact) mass is 336 g/mol. The Bertz CT molecular complexity index is 1090. The number of benzene rings is 1. The minimum absolute atomic E-state index is 0.188. The number of fused-ring (bicyclic) bond motifs is 1. The number of hydrogen-bond donors (Lipinski definition) is 1. The average Bonchev–Trinajstić information content (AvgIpc) is 2.63. The maximum Gasteiger partial charge on any atom is 0.332 e. The van der Waals surface area contributed by atoms with Crippen molar-refractivity contribution in [2.45, 2.75) is 0 Å². The molecule has 0 saturated heterocycles. The van der Waals surface area contributed by atoms with E-state index in [0.29, 0.717) is 5.69 Å². The number of carbonyl (C=O) groups is 1. The zero-order valence-corrected chi connectivity index (χ0v) is 13.8. The van der Waals surface area contributed by atoms with Crippen molar-refractivity contribution in [3.8, 4) is 0 Å². The Morgan fingerprint density at radius 1 is 1.08 bits per heavy atom. The number of nitrogens with one attached hydrogen (secondary N) is 1. The van der Waals surface area contributed by atoms with E-state index in [-0.39, 0.29) is 16.9 Å². The molecule has 0 fully saturated rings. The summed E-state index contributed by atoms with van der Waals surface area (Å²) in [5, 5.41) is 2.86. The summed E-state index contributed by atoms with van der Waals surface area (Å²) in [7, 11) is 2.91. The van der Waals surface area contributed by atoms with Crippen molar-refractivity contribution in [1.29, 1.82) is 0 Å². The third-order valence-corrected chi connectivity index (χ3v) is 3.83. The van der Waals surface area contributed by atoms with Crippen LogP contribution in [0, 0.1) is 0 Å². The van der Waals surface area contributed by atoms with Gasteiger partial charge in [0.1, 0.15) is 5.39 Å². The van der Waals surface area contributed by atoms with Crippen LogP contribution in [0.25, 0.3) is 17.1 Å². The molecular weight excluding hydrogens is 320 g/mol. The highest BCUT2D eigenvalue weighted by atomic mass is 16.2. The molecule has 2 heterocycles. The van der Waals surface area contributed by atoms with E-state index in [1.54, 1.807) is 6.08 Å². The molecular formula is C18H16N4O3. The first-order valence-electron chi connectivity index (χ1n) is 7.58. The number of nitrogens with zero attached hydrogens (tertiary/aromatic N) is 3. The van der Waals surface area contributed by atoms with Crippen molar-refractivity contribution in [1.82, 2.24) is 14.1 Å². The molecule has 0 spiro atoms. The van der Waals surface area contributed by atoms with Gasteiger partial charge in [0.05, 0.1) is 5.69 Å². The summed E-state index contributed by atoms with van der Waals surface area (Å²) in [6.45, 7) is 0. The number of aromatic nitrogens is 3. The Balaban J connectivity index is 2.00. The van der Waals surface area contributed by atoms with Gasteiger partial charge in [-0.25, -0.2) is 9.78 Å². The number of pyridine rings is 1. The second-order valence-corrected chi connectivity index (χ2v) is 5.50. The van der Waals surface area contributed by atoms with Gasteiger partial charge < -0.3 is 5.32 Å². The van der Waals surface area contributed by atoms with Gasteiger partial charge >= 0.3 is 5.69 Å². The third kappa shape index (κ3) is 3.12. The molecule has 1 aromatic carbocycles. The molecule has 0 unspecified atom stereocenters. The lowest BCUT2D eigenvalue weighted by molar-refractivity contribution is -0.111. The van der Waals surface area contributed by atoms with Crippen LogP contribution in [0.2, 0.25) is 0 Å². The minimum Gasteiger partial charge on any atom is -0.322 e. The lowest BCUT2D eigenvalue weighted by Gasteiger charge is -2.10. The molecule has 1 amide bonds. The lowest BCUT2D eigenvalue weighted by Crippen LogP contribution is -2.37. The number of anilines is 1. The summed E-state index contributed by atoms with van der Waals surface area (Å²) < 4.78 is 2.26.